The van der Waals surface area contributed by atoms with Gasteiger partial charge in [0.05, 0.1) is 18.8 Å². The lowest BCUT2D eigenvalue weighted by Crippen LogP contribution is -2.47. The zero-order chi connectivity index (χ0) is 21.4. The van der Waals surface area contributed by atoms with Crippen molar-refractivity contribution in [1.82, 2.24) is 5.32 Å². The lowest BCUT2D eigenvalue weighted by Gasteiger charge is -2.23. The third kappa shape index (κ3) is 5.94. The molecule has 0 aliphatic heterocycles. The molecule has 0 heterocycles. The number of rotatable bonds is 8. The molecule has 1 rings (SSSR count). The predicted molar refractivity (Wildman–Crippen MR) is 83.2 cm³/mol. The van der Waals surface area contributed by atoms with Gasteiger partial charge < -0.3 is 24.3 Å². The van der Waals surface area contributed by atoms with Gasteiger partial charge in [0.25, 0.3) is 0 Å². The second-order valence-corrected chi connectivity index (χ2v) is 5.39. The maximum Gasteiger partial charge on any atom is 0.508 e. The van der Waals surface area contributed by atoms with Crippen LogP contribution in [0, 0.1) is 29.1 Å². The van der Waals surface area contributed by atoms with E-state index in [-0.39, 0.29) is 6.61 Å². The highest BCUT2D eigenvalue weighted by molar-refractivity contribution is 5.71. The van der Waals surface area contributed by atoms with Crippen molar-refractivity contribution in [2.45, 2.75) is 32.4 Å². The molecule has 158 valence electrons. The molecule has 1 amide bonds. The van der Waals surface area contributed by atoms with Crippen LogP contribution in [-0.4, -0.2) is 44.7 Å². The molecule has 0 bridgehead atoms. The standard InChI is InChI=1S/C16H18F5NO6/c1-4-5-26-16(24)27-6-8(7(2)25-3)22-15(23)28-14-12(20)10(18)9(17)11(19)13(14)21/h7-8H,4-6H2,1-3H3,(H,22,23). The Hall–Kier alpha value is -2.63. The van der Waals surface area contributed by atoms with Crippen LogP contribution in [-0.2, 0) is 14.2 Å². The lowest BCUT2D eigenvalue weighted by molar-refractivity contribution is 0.0198. The van der Waals surface area contributed by atoms with E-state index < -0.39 is 65.8 Å². The van der Waals surface area contributed by atoms with Crippen LogP contribution in [0.3, 0.4) is 0 Å². The van der Waals surface area contributed by atoms with Gasteiger partial charge in [0.15, 0.2) is 0 Å². The molecule has 0 fully saturated rings. The summed E-state index contributed by atoms with van der Waals surface area (Å²) in [5, 5.41) is 2.04. The van der Waals surface area contributed by atoms with Crippen molar-refractivity contribution in [1.29, 1.82) is 0 Å². The van der Waals surface area contributed by atoms with E-state index in [2.05, 4.69) is 9.47 Å². The van der Waals surface area contributed by atoms with E-state index in [0.717, 1.165) is 0 Å². The van der Waals surface area contributed by atoms with Crippen LogP contribution in [0.2, 0.25) is 0 Å². The van der Waals surface area contributed by atoms with Crippen LogP contribution in [0.15, 0.2) is 0 Å². The Morgan fingerprint density at radius 1 is 0.964 bits per heavy atom. The van der Waals surface area contributed by atoms with Gasteiger partial charge in [-0.1, -0.05) is 6.92 Å². The molecule has 2 atom stereocenters. The lowest BCUT2D eigenvalue weighted by atomic mass is 10.2. The summed E-state index contributed by atoms with van der Waals surface area (Å²) in [6, 6.07) is -1.09. The van der Waals surface area contributed by atoms with E-state index in [1.165, 1.54) is 14.0 Å². The number of methoxy groups -OCH3 is 1. The van der Waals surface area contributed by atoms with Crippen LogP contribution < -0.4 is 10.1 Å². The fourth-order valence-corrected chi connectivity index (χ4v) is 1.79. The Morgan fingerprint density at radius 2 is 1.50 bits per heavy atom. The number of halogens is 5. The summed E-state index contributed by atoms with van der Waals surface area (Å²) in [6.07, 6.45) is -2.85. The van der Waals surface area contributed by atoms with Crippen molar-refractivity contribution in [3.63, 3.8) is 0 Å². The molecule has 7 nitrogen and oxygen atoms in total. The summed E-state index contributed by atoms with van der Waals surface area (Å²) < 4.78 is 85.0. The van der Waals surface area contributed by atoms with Crippen molar-refractivity contribution >= 4 is 12.2 Å². The monoisotopic (exact) mass is 415 g/mol. The molecule has 0 aromatic heterocycles. The van der Waals surface area contributed by atoms with E-state index >= 15 is 0 Å². The van der Waals surface area contributed by atoms with E-state index in [9.17, 15) is 31.5 Å². The highest BCUT2D eigenvalue weighted by Crippen LogP contribution is 2.29. The molecule has 1 aromatic carbocycles. The summed E-state index contributed by atoms with van der Waals surface area (Å²) in [5.74, 6) is -13.4. The minimum absolute atomic E-state index is 0.0963. The molecule has 0 saturated carbocycles. The van der Waals surface area contributed by atoms with Gasteiger partial charge in [-0.05, 0) is 13.3 Å². The number of hydrogen-bond donors (Lipinski definition) is 1. The first-order chi connectivity index (χ1) is 13.1. The van der Waals surface area contributed by atoms with Gasteiger partial charge in [-0.25, -0.2) is 22.8 Å². The van der Waals surface area contributed by atoms with E-state index in [4.69, 9.17) is 9.47 Å². The molecule has 0 aliphatic rings. The van der Waals surface area contributed by atoms with Gasteiger partial charge in [0.2, 0.25) is 34.8 Å². The summed E-state index contributed by atoms with van der Waals surface area (Å²) >= 11 is 0. The Kier molecular flexibility index (Phi) is 8.89. The van der Waals surface area contributed by atoms with Gasteiger partial charge in [0.1, 0.15) is 6.61 Å². The maximum absolute atomic E-state index is 13.6. The first-order valence-electron chi connectivity index (χ1n) is 7.96. The summed E-state index contributed by atoms with van der Waals surface area (Å²) in [7, 11) is 1.25. The first kappa shape index (κ1) is 23.4. The van der Waals surface area contributed by atoms with Crippen molar-refractivity contribution < 1.29 is 50.5 Å². The average Bonchev–Trinajstić information content (AvgIpc) is 2.68. The third-order valence-electron chi connectivity index (χ3n) is 3.41. The van der Waals surface area contributed by atoms with Crippen LogP contribution >= 0.6 is 0 Å². The molecular formula is C16H18F5NO6. The fraction of sp³-hybridized carbons (Fsp3) is 0.500. The minimum Gasteiger partial charge on any atom is -0.434 e. The Balaban J connectivity index is 2.86. The summed E-state index contributed by atoms with van der Waals surface area (Å²) in [5.41, 5.74) is 0. The zero-order valence-electron chi connectivity index (χ0n) is 15.1. The van der Waals surface area contributed by atoms with Crippen molar-refractivity contribution in [3.8, 4) is 5.75 Å². The van der Waals surface area contributed by atoms with Crippen molar-refractivity contribution in [2.75, 3.05) is 20.3 Å². The number of hydrogen-bond acceptors (Lipinski definition) is 6. The minimum atomic E-state index is -2.40. The second kappa shape index (κ2) is 10.6. The van der Waals surface area contributed by atoms with Crippen molar-refractivity contribution in [2.24, 2.45) is 0 Å². The normalized spacial score (nSPS) is 12.9. The quantitative estimate of drug-likeness (QED) is 0.303. The Bertz CT molecular complexity index is 688. The first-order valence-corrected chi connectivity index (χ1v) is 7.96. The molecule has 1 aromatic rings. The number of ether oxygens (including phenoxy) is 4. The molecule has 0 spiro atoms. The van der Waals surface area contributed by atoms with Crippen LogP contribution in [0.4, 0.5) is 31.5 Å². The van der Waals surface area contributed by atoms with Gasteiger partial charge in [-0.15, -0.1) is 0 Å². The van der Waals surface area contributed by atoms with Crippen molar-refractivity contribution in [3.05, 3.63) is 29.1 Å². The van der Waals surface area contributed by atoms with E-state index in [0.29, 0.717) is 6.42 Å². The third-order valence-corrected chi connectivity index (χ3v) is 3.41. The van der Waals surface area contributed by atoms with E-state index in [1.807, 2.05) is 5.32 Å². The molecule has 12 heteroatoms. The molecule has 28 heavy (non-hydrogen) atoms. The van der Waals surface area contributed by atoms with E-state index in [1.54, 1.807) is 6.92 Å². The topological polar surface area (TPSA) is 83.1 Å². The highest BCUT2D eigenvalue weighted by Gasteiger charge is 2.30. The van der Waals surface area contributed by atoms with Crippen LogP contribution in [0.1, 0.15) is 20.3 Å². The molecule has 2 unspecified atom stereocenters. The largest absolute Gasteiger partial charge is 0.508 e. The molecule has 0 saturated heterocycles. The van der Waals surface area contributed by atoms with Crippen LogP contribution in [0.5, 0.6) is 5.75 Å². The molecular weight excluding hydrogens is 397 g/mol. The molecule has 1 N–H and O–H groups in total. The zero-order valence-corrected chi connectivity index (χ0v) is 15.1. The average molecular weight is 415 g/mol. The number of carbonyl (C=O) groups is 2. The SMILES string of the molecule is CCCOC(=O)OCC(NC(=O)Oc1c(F)c(F)c(F)c(F)c1F)C(C)OC. The fourth-order valence-electron chi connectivity index (χ4n) is 1.79. The maximum atomic E-state index is 13.6. The number of carbonyl (C=O) groups excluding carboxylic acids is 2. The summed E-state index contributed by atoms with van der Waals surface area (Å²) in [4.78, 5) is 23.2. The number of benzene rings is 1. The van der Waals surface area contributed by atoms with Gasteiger partial charge in [0, 0.05) is 7.11 Å². The number of amides is 1. The Morgan fingerprint density at radius 3 is 2.00 bits per heavy atom. The van der Waals surface area contributed by atoms with Crippen LogP contribution in [0.25, 0.3) is 0 Å². The number of nitrogens with one attached hydrogen (secondary N) is 1. The molecule has 0 aliphatic carbocycles. The Labute approximate surface area is 156 Å². The smallest absolute Gasteiger partial charge is 0.434 e. The molecule has 0 radical (unpaired) electrons. The van der Waals surface area contributed by atoms with Gasteiger partial charge >= 0.3 is 12.2 Å². The predicted octanol–water partition coefficient (Wildman–Crippen LogP) is 3.44. The highest BCUT2D eigenvalue weighted by atomic mass is 19.2. The second-order valence-electron chi connectivity index (χ2n) is 5.39. The summed E-state index contributed by atoms with van der Waals surface area (Å²) in [6.45, 7) is 2.81. The van der Waals surface area contributed by atoms with Gasteiger partial charge in [-0.2, -0.15) is 8.78 Å². The van der Waals surface area contributed by atoms with Gasteiger partial charge in [-0.3, -0.25) is 0 Å².